The van der Waals surface area contributed by atoms with Crippen LogP contribution in [0.4, 0.5) is 17.6 Å². The van der Waals surface area contributed by atoms with Gasteiger partial charge in [0.15, 0.2) is 11.6 Å². The third-order valence-electron chi connectivity index (χ3n) is 8.50. The number of benzene rings is 1. The molecule has 1 nitrogen and oxygen atoms in total. The molecule has 1 aromatic rings. The fourth-order valence-electron chi connectivity index (χ4n) is 6.48. The number of hydrogen-bond acceptors (Lipinski definition) is 1. The minimum atomic E-state index is -3.60. The first-order valence-electron chi connectivity index (χ1n) is 12.3. The van der Waals surface area contributed by atoms with Crippen molar-refractivity contribution in [3.8, 4) is 0 Å². The summed E-state index contributed by atoms with van der Waals surface area (Å²) in [6.07, 6.45) is 9.82. The van der Waals surface area contributed by atoms with Crippen LogP contribution in [0.1, 0.15) is 89.5 Å². The maximum absolute atomic E-state index is 14.4. The second kappa shape index (κ2) is 9.80. The first kappa shape index (κ1) is 23.1. The van der Waals surface area contributed by atoms with Crippen LogP contribution in [-0.2, 0) is 10.8 Å². The van der Waals surface area contributed by atoms with E-state index in [9.17, 15) is 17.6 Å². The first-order chi connectivity index (χ1) is 14.8. The van der Waals surface area contributed by atoms with E-state index in [1.807, 2.05) is 0 Å². The highest BCUT2D eigenvalue weighted by molar-refractivity contribution is 5.20. The van der Waals surface area contributed by atoms with E-state index in [1.54, 1.807) is 0 Å². The first-order valence-corrected chi connectivity index (χ1v) is 12.3. The van der Waals surface area contributed by atoms with Crippen molar-refractivity contribution in [3.05, 3.63) is 35.4 Å². The minimum Gasteiger partial charge on any atom is -0.313 e. The smallest absolute Gasteiger partial charge is 0.313 e. The Hall–Kier alpha value is -1.10. The lowest BCUT2D eigenvalue weighted by Gasteiger charge is -2.41. The van der Waals surface area contributed by atoms with Gasteiger partial charge in [0.2, 0.25) is 0 Å². The van der Waals surface area contributed by atoms with Crippen LogP contribution in [0, 0.1) is 41.2 Å². The maximum Gasteiger partial charge on any atom is 0.383 e. The van der Waals surface area contributed by atoms with Crippen molar-refractivity contribution in [2.24, 2.45) is 29.6 Å². The lowest BCUT2D eigenvalue weighted by atomic mass is 9.65. The molecule has 3 saturated carbocycles. The van der Waals surface area contributed by atoms with Gasteiger partial charge in [-0.05, 0) is 112 Å². The van der Waals surface area contributed by atoms with Crippen LogP contribution in [0.25, 0.3) is 0 Å². The van der Waals surface area contributed by atoms with Crippen LogP contribution >= 0.6 is 0 Å². The molecule has 0 heterocycles. The van der Waals surface area contributed by atoms with Gasteiger partial charge >= 0.3 is 6.11 Å². The van der Waals surface area contributed by atoms with E-state index >= 15 is 0 Å². The van der Waals surface area contributed by atoms with Gasteiger partial charge in [-0.3, -0.25) is 0 Å². The molecule has 0 amide bonds. The summed E-state index contributed by atoms with van der Waals surface area (Å²) in [4.78, 5) is 0. The van der Waals surface area contributed by atoms with Crippen molar-refractivity contribution in [3.63, 3.8) is 0 Å². The molecular formula is C26H36F4O. The van der Waals surface area contributed by atoms with Gasteiger partial charge in [0, 0.05) is 0 Å². The Morgan fingerprint density at radius 3 is 1.61 bits per heavy atom. The van der Waals surface area contributed by atoms with E-state index in [-0.39, 0.29) is 0 Å². The lowest BCUT2D eigenvalue weighted by molar-refractivity contribution is -0.278. The van der Waals surface area contributed by atoms with Crippen LogP contribution in [0.15, 0.2) is 18.2 Å². The van der Waals surface area contributed by atoms with Gasteiger partial charge in [-0.2, -0.15) is 8.78 Å². The van der Waals surface area contributed by atoms with Gasteiger partial charge in [-0.15, -0.1) is 0 Å². The quantitative estimate of drug-likeness (QED) is 0.419. The zero-order valence-electron chi connectivity index (χ0n) is 18.6. The predicted molar refractivity (Wildman–Crippen MR) is 114 cm³/mol. The second-order valence-corrected chi connectivity index (χ2v) is 10.5. The fraction of sp³-hybridized carbons (Fsp3) is 0.769. The number of rotatable bonds is 5. The Morgan fingerprint density at radius 2 is 1.13 bits per heavy atom. The van der Waals surface area contributed by atoms with Crippen molar-refractivity contribution in [1.29, 1.82) is 0 Å². The van der Waals surface area contributed by atoms with E-state index in [0.717, 1.165) is 48.6 Å². The molecule has 0 aromatic heterocycles. The standard InChI is InChI=1S/C26H36F4O/c1-17-2-4-18(5-3-17)19-6-8-20(9-7-19)21-10-13-23(14-11-21)31-26(29,30)22-12-15-24(27)25(28)16-22/h12,15-21,23H,2-11,13-14H2,1H3. The second-order valence-electron chi connectivity index (χ2n) is 10.5. The third kappa shape index (κ3) is 5.64. The van der Waals surface area contributed by atoms with Gasteiger partial charge < -0.3 is 4.74 Å². The Labute approximate surface area is 183 Å². The van der Waals surface area contributed by atoms with Crippen LogP contribution in [0.5, 0.6) is 0 Å². The van der Waals surface area contributed by atoms with Crippen molar-refractivity contribution >= 4 is 0 Å². The molecule has 3 fully saturated rings. The van der Waals surface area contributed by atoms with Crippen molar-refractivity contribution in [2.75, 3.05) is 0 Å². The molecule has 0 radical (unpaired) electrons. The van der Waals surface area contributed by atoms with E-state index in [0.29, 0.717) is 24.8 Å². The molecular weight excluding hydrogens is 404 g/mol. The summed E-state index contributed by atoms with van der Waals surface area (Å²) in [5, 5.41) is 0. The Bertz CT molecular complexity index is 712. The minimum absolute atomic E-state index is 0.528. The molecule has 0 saturated heterocycles. The molecule has 5 heteroatoms. The van der Waals surface area contributed by atoms with Gasteiger partial charge in [-0.25, -0.2) is 8.78 Å². The van der Waals surface area contributed by atoms with Crippen LogP contribution in [0.3, 0.4) is 0 Å². The molecule has 0 unspecified atom stereocenters. The zero-order valence-corrected chi connectivity index (χ0v) is 18.6. The molecule has 31 heavy (non-hydrogen) atoms. The van der Waals surface area contributed by atoms with E-state index in [4.69, 9.17) is 4.74 Å². The molecule has 0 spiro atoms. The summed E-state index contributed by atoms with van der Waals surface area (Å²) < 4.78 is 60.3. The largest absolute Gasteiger partial charge is 0.383 e. The van der Waals surface area contributed by atoms with Gasteiger partial charge in [0.05, 0.1) is 11.7 Å². The summed E-state index contributed by atoms with van der Waals surface area (Å²) in [7, 11) is 0. The van der Waals surface area contributed by atoms with Crippen LogP contribution < -0.4 is 0 Å². The molecule has 174 valence electrons. The molecule has 0 bridgehead atoms. The molecule has 1 aromatic carbocycles. The molecule has 4 rings (SSSR count). The van der Waals surface area contributed by atoms with Gasteiger partial charge in [-0.1, -0.05) is 19.8 Å². The molecule has 0 N–H and O–H groups in total. The van der Waals surface area contributed by atoms with Crippen LogP contribution in [-0.4, -0.2) is 6.10 Å². The highest BCUT2D eigenvalue weighted by Gasteiger charge is 2.39. The summed E-state index contributed by atoms with van der Waals surface area (Å²) >= 11 is 0. The highest BCUT2D eigenvalue weighted by atomic mass is 19.3. The Morgan fingerprint density at radius 1 is 0.677 bits per heavy atom. The van der Waals surface area contributed by atoms with E-state index in [2.05, 4.69) is 6.92 Å². The van der Waals surface area contributed by atoms with E-state index in [1.165, 1.54) is 51.4 Å². The normalized spacial score (nSPS) is 35.1. The van der Waals surface area contributed by atoms with Gasteiger partial charge in [0.1, 0.15) is 0 Å². The number of ether oxygens (including phenoxy) is 1. The SMILES string of the molecule is CC1CCC(C2CCC(C3CCC(OC(F)(F)c4ccc(F)c(F)c4)CC3)CC2)CC1. The van der Waals surface area contributed by atoms with Crippen molar-refractivity contribution in [1.82, 2.24) is 0 Å². The van der Waals surface area contributed by atoms with Gasteiger partial charge in [0.25, 0.3) is 0 Å². The topological polar surface area (TPSA) is 9.23 Å². The summed E-state index contributed by atoms with van der Waals surface area (Å²) in [5.41, 5.74) is -0.621. The van der Waals surface area contributed by atoms with Crippen molar-refractivity contribution < 1.29 is 22.3 Å². The Kier molecular flexibility index (Phi) is 7.30. The monoisotopic (exact) mass is 440 g/mol. The van der Waals surface area contributed by atoms with Crippen LogP contribution in [0.2, 0.25) is 0 Å². The number of halogens is 4. The average molecular weight is 441 g/mol. The molecule has 3 aliphatic carbocycles. The summed E-state index contributed by atoms with van der Waals surface area (Å²) in [6.45, 7) is 2.38. The lowest BCUT2D eigenvalue weighted by Crippen LogP contribution is -2.33. The van der Waals surface area contributed by atoms with E-state index < -0.39 is 29.4 Å². The molecule has 0 aliphatic heterocycles. The number of alkyl halides is 2. The third-order valence-corrected chi connectivity index (χ3v) is 8.50. The summed E-state index contributed by atoms with van der Waals surface area (Å²) in [5.74, 6) is 1.67. The highest BCUT2D eigenvalue weighted by Crippen LogP contribution is 2.46. The number of hydrogen-bond donors (Lipinski definition) is 0. The zero-order chi connectivity index (χ0) is 22.0. The fourth-order valence-corrected chi connectivity index (χ4v) is 6.48. The Balaban J connectivity index is 1.22. The summed E-state index contributed by atoms with van der Waals surface area (Å²) in [6, 6.07) is 2.16. The molecule has 0 atom stereocenters. The maximum atomic E-state index is 14.4. The van der Waals surface area contributed by atoms with Crippen molar-refractivity contribution in [2.45, 2.75) is 96.2 Å². The molecule has 3 aliphatic rings. The predicted octanol–water partition coefficient (Wildman–Crippen LogP) is 8.22. The average Bonchev–Trinajstić information content (AvgIpc) is 2.76.